The highest BCUT2D eigenvalue weighted by molar-refractivity contribution is 5.96. The second-order valence-electron chi connectivity index (χ2n) is 19.6. The normalized spacial score (nSPS) is 18.5. The van der Waals surface area contributed by atoms with Crippen molar-refractivity contribution in [2.45, 2.75) is 131 Å². The summed E-state index contributed by atoms with van der Waals surface area (Å²) in [4.78, 5) is 30.0. The molecule has 0 spiro atoms. The lowest BCUT2D eigenvalue weighted by molar-refractivity contribution is 0.319. The highest BCUT2D eigenvalue weighted by Gasteiger charge is 2.29. The first-order valence-corrected chi connectivity index (χ1v) is 26.0. The molecule has 9 heterocycles. The minimum Gasteiger partial charge on any atom is -0.364 e. The summed E-state index contributed by atoms with van der Waals surface area (Å²) in [7, 11) is 0. The number of nitrogens with one attached hydrogen (secondary N) is 2. The zero-order valence-electron chi connectivity index (χ0n) is 42.0. The molecule has 0 amide bonds. The SMILES string of the molecule is CCCC(C)N1CC=CC=C1c1c2nc(c(C3=CC=CCN3C(C)CCC)c3ccc([nH]3)c(C3=CC=CCN3C(C)CCC)c3nc(c(C4=CC=CCN4C(C)CCC)c4ccc1[nH]4)C=C3)C=C2. The molecule has 3 aromatic heterocycles. The summed E-state index contributed by atoms with van der Waals surface area (Å²) in [5, 5.41) is 0. The van der Waals surface area contributed by atoms with Gasteiger partial charge in [-0.15, -0.1) is 0 Å². The Balaban J connectivity index is 1.43. The van der Waals surface area contributed by atoms with Gasteiger partial charge in [0.15, 0.2) is 0 Å². The van der Waals surface area contributed by atoms with Gasteiger partial charge in [-0.3, -0.25) is 0 Å². The second kappa shape index (κ2) is 20.9. The van der Waals surface area contributed by atoms with Gasteiger partial charge in [0.25, 0.3) is 0 Å². The van der Waals surface area contributed by atoms with Crippen LogP contribution < -0.4 is 0 Å². The summed E-state index contributed by atoms with van der Waals surface area (Å²) in [6.45, 7) is 22.0. The van der Waals surface area contributed by atoms with E-state index >= 15 is 0 Å². The van der Waals surface area contributed by atoms with Crippen LogP contribution in [0.4, 0.5) is 0 Å². The molecule has 0 saturated carbocycles. The number of hydrogen-bond acceptors (Lipinski definition) is 6. The number of H-pyrrole nitrogens is 2. The number of aromatic amines is 2. The van der Waals surface area contributed by atoms with E-state index in [1.807, 2.05) is 0 Å². The smallest absolute Gasteiger partial charge is 0.0752 e. The monoisotopic (exact) mass is 907 g/mol. The molecule has 4 atom stereocenters. The van der Waals surface area contributed by atoms with Crippen LogP contribution in [0.3, 0.4) is 0 Å². The van der Waals surface area contributed by atoms with Crippen LogP contribution in [0.1, 0.15) is 152 Å². The molecule has 354 valence electrons. The molecule has 0 aliphatic carbocycles. The molecule has 2 N–H and O–H groups in total. The summed E-state index contributed by atoms with van der Waals surface area (Å²) in [6, 6.07) is 10.5. The average Bonchev–Trinajstić information content (AvgIpc) is 4.21. The Morgan fingerprint density at radius 1 is 0.397 bits per heavy atom. The third-order valence-corrected chi connectivity index (χ3v) is 14.7. The molecule has 8 heteroatoms. The largest absolute Gasteiger partial charge is 0.364 e. The van der Waals surface area contributed by atoms with Crippen molar-refractivity contribution in [2.24, 2.45) is 0 Å². The van der Waals surface area contributed by atoms with E-state index in [9.17, 15) is 0 Å². The topological polar surface area (TPSA) is 70.3 Å². The molecule has 3 aromatic rings. The van der Waals surface area contributed by atoms with E-state index in [1.165, 1.54) is 22.8 Å². The molecule has 8 nitrogen and oxygen atoms in total. The molecule has 4 unspecified atom stereocenters. The highest BCUT2D eigenvalue weighted by atomic mass is 15.2. The van der Waals surface area contributed by atoms with Crippen LogP contribution >= 0.6 is 0 Å². The van der Waals surface area contributed by atoms with Gasteiger partial charge >= 0.3 is 0 Å². The maximum Gasteiger partial charge on any atom is 0.0752 e. The molecule has 0 aromatic carbocycles. The Labute approximate surface area is 406 Å². The molecular formula is C60H74N8. The van der Waals surface area contributed by atoms with Gasteiger partial charge in [-0.05, 0) is 126 Å². The van der Waals surface area contributed by atoms with Crippen LogP contribution in [0.25, 0.3) is 69.2 Å². The predicted octanol–water partition coefficient (Wildman–Crippen LogP) is 14.3. The van der Waals surface area contributed by atoms with E-state index in [0.717, 1.165) is 145 Å². The summed E-state index contributed by atoms with van der Waals surface area (Å²) >= 11 is 0. The fourth-order valence-electron chi connectivity index (χ4n) is 11.3. The predicted molar refractivity (Wildman–Crippen MR) is 292 cm³/mol. The van der Waals surface area contributed by atoms with Crippen molar-refractivity contribution in [3.8, 4) is 0 Å². The molecule has 0 fully saturated rings. The lowest BCUT2D eigenvalue weighted by Gasteiger charge is -2.35. The van der Waals surface area contributed by atoms with Crippen molar-refractivity contribution < 1.29 is 0 Å². The van der Waals surface area contributed by atoms with Gasteiger partial charge in [0.05, 0.1) is 44.8 Å². The fraction of sp³-hybridized carbons (Fsp3) is 0.400. The van der Waals surface area contributed by atoms with Gasteiger partial charge < -0.3 is 29.6 Å². The van der Waals surface area contributed by atoms with Crippen LogP contribution in [-0.2, 0) is 0 Å². The van der Waals surface area contributed by atoms with E-state index in [2.05, 4.69) is 206 Å². The van der Waals surface area contributed by atoms with Crippen LogP contribution in [0.15, 0.2) is 97.2 Å². The van der Waals surface area contributed by atoms with Gasteiger partial charge in [-0.25, -0.2) is 9.97 Å². The number of allylic oxidation sites excluding steroid dienone is 8. The summed E-state index contributed by atoms with van der Waals surface area (Å²) in [6.07, 6.45) is 45.2. The molecule has 6 aliphatic heterocycles. The first-order valence-electron chi connectivity index (χ1n) is 26.0. The van der Waals surface area contributed by atoms with E-state index < -0.39 is 0 Å². The summed E-state index contributed by atoms with van der Waals surface area (Å²) < 4.78 is 0. The second-order valence-corrected chi connectivity index (χ2v) is 19.6. The van der Waals surface area contributed by atoms with E-state index in [1.54, 1.807) is 0 Å². The van der Waals surface area contributed by atoms with Gasteiger partial charge in [0.1, 0.15) is 0 Å². The van der Waals surface area contributed by atoms with E-state index in [-0.39, 0.29) is 0 Å². The van der Waals surface area contributed by atoms with Crippen molar-refractivity contribution in [3.63, 3.8) is 0 Å². The van der Waals surface area contributed by atoms with Gasteiger partial charge in [0, 0.05) is 95.4 Å². The molecule has 68 heavy (non-hydrogen) atoms. The molecule has 0 saturated heterocycles. The minimum atomic E-state index is 0.350. The lowest BCUT2D eigenvalue weighted by atomic mass is 10.0. The maximum atomic E-state index is 5.76. The van der Waals surface area contributed by atoms with Crippen LogP contribution in [0.5, 0.6) is 0 Å². The van der Waals surface area contributed by atoms with Crippen molar-refractivity contribution in [2.75, 3.05) is 26.2 Å². The first kappa shape index (κ1) is 46.8. The Hall–Kier alpha value is -6.28. The fourth-order valence-corrected chi connectivity index (χ4v) is 11.3. The van der Waals surface area contributed by atoms with Gasteiger partial charge in [-0.1, -0.05) is 102 Å². The van der Waals surface area contributed by atoms with Crippen molar-refractivity contribution in [3.05, 3.63) is 142 Å². The van der Waals surface area contributed by atoms with E-state index in [0.29, 0.717) is 24.2 Å². The Morgan fingerprint density at radius 3 is 0.853 bits per heavy atom. The molecular weight excluding hydrogens is 833 g/mol. The lowest BCUT2D eigenvalue weighted by Crippen LogP contribution is -2.33. The zero-order chi connectivity index (χ0) is 47.3. The Morgan fingerprint density at radius 2 is 0.632 bits per heavy atom. The first-order chi connectivity index (χ1) is 33.2. The van der Waals surface area contributed by atoms with Gasteiger partial charge in [-0.2, -0.15) is 0 Å². The molecule has 6 aliphatic rings. The quantitative estimate of drug-likeness (QED) is 0.103. The van der Waals surface area contributed by atoms with E-state index in [4.69, 9.17) is 9.97 Å². The minimum absolute atomic E-state index is 0.350. The third-order valence-electron chi connectivity index (χ3n) is 14.7. The van der Waals surface area contributed by atoms with Crippen molar-refractivity contribution in [1.29, 1.82) is 0 Å². The number of fused-ring (bicyclic) bond motifs is 8. The van der Waals surface area contributed by atoms with Crippen LogP contribution in [0, 0.1) is 0 Å². The third kappa shape index (κ3) is 9.19. The van der Waals surface area contributed by atoms with Gasteiger partial charge in [0.2, 0.25) is 0 Å². The number of aromatic nitrogens is 4. The van der Waals surface area contributed by atoms with Crippen LogP contribution in [0.2, 0.25) is 0 Å². The molecule has 9 rings (SSSR count). The number of rotatable bonds is 16. The highest BCUT2D eigenvalue weighted by Crippen LogP contribution is 2.40. The van der Waals surface area contributed by atoms with Crippen molar-refractivity contribution >= 4 is 69.2 Å². The Kier molecular flexibility index (Phi) is 14.4. The Bertz CT molecular complexity index is 2470. The van der Waals surface area contributed by atoms with Crippen LogP contribution in [-0.4, -0.2) is 89.9 Å². The number of hydrogen-bond donors (Lipinski definition) is 2. The summed E-state index contributed by atoms with van der Waals surface area (Å²) in [5.41, 5.74) is 17.2. The maximum absolute atomic E-state index is 5.76. The number of nitrogens with zero attached hydrogens (tertiary/aromatic N) is 6. The summed E-state index contributed by atoms with van der Waals surface area (Å²) in [5.74, 6) is 0. The zero-order valence-corrected chi connectivity index (χ0v) is 42.0. The molecule has 8 bridgehead atoms. The average molecular weight is 907 g/mol. The standard InChI is InChI=1S/C60H74N8/c1-9-21-41(5)65-37-17-13-25-53(65)57-45-29-31-47(61-45)58(54-26-14-18-38-66(54)42(6)22-10-2)49-33-35-51(63-49)60(56-28-16-20-40-68(56)44(8)24-12-4)52-36-34-50(64-52)59(48-32-30-46(57)62-48)55-27-15-19-39-67(55)43(7)23-11-3/h13-20,25-36,41-44,61,64H,9-12,21-24,37-40H2,1-8H3. The van der Waals surface area contributed by atoms with Crippen molar-refractivity contribution in [1.82, 2.24) is 39.5 Å². The molecule has 0 radical (unpaired) electrons.